The van der Waals surface area contributed by atoms with Gasteiger partial charge in [0.25, 0.3) is 0 Å². The molecule has 0 unspecified atom stereocenters. The Morgan fingerprint density at radius 1 is 1.08 bits per heavy atom. The molecular weight excluding hydrogens is 320 g/mol. The first-order chi connectivity index (χ1) is 11.7. The van der Waals surface area contributed by atoms with E-state index in [1.165, 1.54) is 11.1 Å². The average molecular weight is 338 g/mol. The molecule has 24 heavy (non-hydrogen) atoms. The first-order valence-electron chi connectivity index (χ1n) is 7.96. The van der Waals surface area contributed by atoms with Crippen molar-refractivity contribution < 1.29 is 0 Å². The highest BCUT2D eigenvalue weighted by atomic mass is 32.1. The number of fused-ring (bicyclic) bond motifs is 1. The van der Waals surface area contributed by atoms with Gasteiger partial charge in [-0.2, -0.15) is 14.7 Å². The van der Waals surface area contributed by atoms with Gasteiger partial charge in [-0.15, -0.1) is 10.2 Å². The summed E-state index contributed by atoms with van der Waals surface area (Å²) in [5, 5.41) is 18.8. The Bertz CT molecular complexity index is 1010. The summed E-state index contributed by atoms with van der Waals surface area (Å²) in [7, 11) is 0. The minimum atomic E-state index is 0.725. The second kappa shape index (κ2) is 5.83. The number of hydrogen-bond donors (Lipinski definition) is 0. The molecule has 0 saturated carbocycles. The molecule has 4 rings (SSSR count). The summed E-state index contributed by atoms with van der Waals surface area (Å²) >= 11 is 1.55. The lowest BCUT2D eigenvalue weighted by Crippen LogP contribution is -2.01. The predicted octanol–water partition coefficient (Wildman–Crippen LogP) is 3.28. The largest absolute Gasteiger partial charge is 0.262 e. The topological polar surface area (TPSA) is 60.9 Å². The number of nitrogens with zero attached hydrogens (tertiary/aromatic N) is 6. The molecule has 122 valence electrons. The van der Waals surface area contributed by atoms with Gasteiger partial charge in [0.1, 0.15) is 0 Å². The monoisotopic (exact) mass is 338 g/mol. The van der Waals surface area contributed by atoms with Crippen molar-refractivity contribution in [2.75, 3.05) is 0 Å². The smallest absolute Gasteiger partial charge is 0.235 e. The van der Waals surface area contributed by atoms with E-state index in [9.17, 15) is 0 Å². The van der Waals surface area contributed by atoms with Gasteiger partial charge < -0.3 is 0 Å². The van der Waals surface area contributed by atoms with Crippen molar-refractivity contribution in [2.45, 2.75) is 33.7 Å². The van der Waals surface area contributed by atoms with Crippen molar-refractivity contribution in [1.29, 1.82) is 0 Å². The Morgan fingerprint density at radius 2 is 1.92 bits per heavy atom. The molecule has 0 N–H and O–H groups in total. The van der Waals surface area contributed by atoms with E-state index >= 15 is 0 Å². The Morgan fingerprint density at radius 3 is 2.71 bits per heavy atom. The van der Waals surface area contributed by atoms with E-state index < -0.39 is 0 Å². The van der Waals surface area contributed by atoms with Gasteiger partial charge in [-0.1, -0.05) is 35.6 Å². The lowest BCUT2D eigenvalue weighted by atomic mass is 10.1. The zero-order valence-corrected chi connectivity index (χ0v) is 14.7. The van der Waals surface area contributed by atoms with Crippen LogP contribution in [0.1, 0.15) is 29.6 Å². The number of aryl methyl sites for hydroxylation is 3. The second-order valence-corrected chi connectivity index (χ2v) is 6.76. The molecule has 0 atom stereocenters. The van der Waals surface area contributed by atoms with Crippen LogP contribution in [0, 0.1) is 13.8 Å². The zero-order chi connectivity index (χ0) is 16.7. The van der Waals surface area contributed by atoms with Crippen molar-refractivity contribution in [3.8, 4) is 10.7 Å². The number of aromatic nitrogens is 6. The van der Waals surface area contributed by atoms with Crippen molar-refractivity contribution in [2.24, 2.45) is 0 Å². The van der Waals surface area contributed by atoms with Crippen molar-refractivity contribution in [1.82, 2.24) is 29.6 Å². The lowest BCUT2D eigenvalue weighted by molar-refractivity contribution is 0.659. The first-order valence-corrected chi connectivity index (χ1v) is 8.78. The molecular formula is C17H18N6S. The predicted molar refractivity (Wildman–Crippen MR) is 94.3 cm³/mol. The van der Waals surface area contributed by atoms with E-state index in [0.29, 0.717) is 0 Å². The maximum absolute atomic E-state index is 4.74. The lowest BCUT2D eigenvalue weighted by Gasteiger charge is -2.02. The van der Waals surface area contributed by atoms with Crippen molar-refractivity contribution in [3.63, 3.8) is 0 Å². The van der Waals surface area contributed by atoms with Crippen LogP contribution in [0.3, 0.4) is 0 Å². The van der Waals surface area contributed by atoms with E-state index in [0.717, 1.165) is 40.1 Å². The molecule has 6 nitrogen and oxygen atoms in total. The van der Waals surface area contributed by atoms with Gasteiger partial charge in [-0.05, 0) is 38.0 Å². The average Bonchev–Trinajstić information content (AvgIpc) is 3.24. The van der Waals surface area contributed by atoms with Crippen LogP contribution < -0.4 is 0 Å². The molecule has 3 aromatic heterocycles. The van der Waals surface area contributed by atoms with Gasteiger partial charge in [0.15, 0.2) is 10.8 Å². The van der Waals surface area contributed by atoms with Gasteiger partial charge in [-0.25, -0.2) is 0 Å². The minimum absolute atomic E-state index is 0.725. The van der Waals surface area contributed by atoms with E-state index in [2.05, 4.69) is 53.4 Å². The summed E-state index contributed by atoms with van der Waals surface area (Å²) in [6.45, 7) is 7.02. The van der Waals surface area contributed by atoms with Crippen LogP contribution in [0.2, 0.25) is 0 Å². The summed E-state index contributed by atoms with van der Waals surface area (Å²) in [5.41, 5.74) is 4.53. The van der Waals surface area contributed by atoms with Gasteiger partial charge in [0.2, 0.25) is 4.96 Å². The standard InChI is InChI=1S/C17H18N6S/c1-4-22-14(9-12(3)20-22)16-21-23-15(18-19-17(23)24-16)10-13-8-6-5-7-11(13)2/h5-9H,4,10H2,1-3H3. The number of hydrogen-bond acceptors (Lipinski definition) is 5. The van der Waals surface area contributed by atoms with Crippen molar-refractivity contribution >= 4 is 16.3 Å². The van der Waals surface area contributed by atoms with Crippen LogP contribution in [0.25, 0.3) is 15.7 Å². The normalized spacial score (nSPS) is 11.5. The zero-order valence-electron chi connectivity index (χ0n) is 13.9. The van der Waals surface area contributed by atoms with Gasteiger partial charge >= 0.3 is 0 Å². The molecule has 7 heteroatoms. The SMILES string of the molecule is CCn1nc(C)cc1-c1nn2c(Cc3ccccc3C)nnc2s1. The summed E-state index contributed by atoms with van der Waals surface area (Å²) in [4.78, 5) is 0.815. The molecule has 4 aromatic rings. The van der Waals surface area contributed by atoms with Crippen LogP contribution >= 0.6 is 11.3 Å². The molecule has 0 amide bonds. The summed E-state index contributed by atoms with van der Waals surface area (Å²) in [6.07, 6.45) is 0.725. The summed E-state index contributed by atoms with van der Waals surface area (Å²) in [6, 6.07) is 10.4. The number of rotatable bonds is 4. The first kappa shape index (κ1) is 15.0. The van der Waals surface area contributed by atoms with Gasteiger partial charge in [0.05, 0.1) is 11.4 Å². The van der Waals surface area contributed by atoms with Crippen LogP contribution in [-0.4, -0.2) is 29.6 Å². The highest BCUT2D eigenvalue weighted by molar-refractivity contribution is 7.19. The molecule has 0 radical (unpaired) electrons. The highest BCUT2D eigenvalue weighted by Gasteiger charge is 2.16. The van der Waals surface area contributed by atoms with E-state index in [-0.39, 0.29) is 0 Å². The molecule has 0 fully saturated rings. The molecule has 0 saturated heterocycles. The Labute approximate surface area is 143 Å². The van der Waals surface area contributed by atoms with Crippen LogP contribution in [-0.2, 0) is 13.0 Å². The Kier molecular flexibility index (Phi) is 3.65. The minimum Gasteiger partial charge on any atom is -0.262 e. The molecule has 3 heterocycles. The molecule has 1 aromatic carbocycles. The van der Waals surface area contributed by atoms with Crippen LogP contribution in [0.5, 0.6) is 0 Å². The van der Waals surface area contributed by atoms with Crippen LogP contribution in [0.15, 0.2) is 30.3 Å². The fourth-order valence-electron chi connectivity index (χ4n) is 2.81. The van der Waals surface area contributed by atoms with Crippen LogP contribution in [0.4, 0.5) is 0 Å². The van der Waals surface area contributed by atoms with E-state index in [1.807, 2.05) is 22.2 Å². The third-order valence-corrected chi connectivity index (χ3v) is 5.01. The summed E-state index contributed by atoms with van der Waals surface area (Å²) in [5.74, 6) is 0.862. The van der Waals surface area contributed by atoms with Gasteiger partial charge in [0, 0.05) is 13.0 Å². The molecule has 0 spiro atoms. The molecule has 0 aliphatic carbocycles. The van der Waals surface area contributed by atoms with E-state index in [4.69, 9.17) is 5.10 Å². The Balaban J connectivity index is 1.75. The van der Waals surface area contributed by atoms with Gasteiger partial charge in [-0.3, -0.25) is 4.68 Å². The quantitative estimate of drug-likeness (QED) is 0.573. The maximum Gasteiger partial charge on any atom is 0.235 e. The van der Waals surface area contributed by atoms with E-state index in [1.54, 1.807) is 11.3 Å². The fourth-order valence-corrected chi connectivity index (χ4v) is 3.69. The third kappa shape index (κ3) is 2.50. The fraction of sp³-hybridized carbons (Fsp3) is 0.294. The number of benzene rings is 1. The molecule has 0 aliphatic heterocycles. The highest BCUT2D eigenvalue weighted by Crippen LogP contribution is 2.26. The molecule has 0 bridgehead atoms. The summed E-state index contributed by atoms with van der Waals surface area (Å²) < 4.78 is 3.83. The van der Waals surface area contributed by atoms with Crippen molar-refractivity contribution in [3.05, 3.63) is 53.0 Å². The molecule has 0 aliphatic rings. The third-order valence-electron chi connectivity index (χ3n) is 4.09. The maximum atomic E-state index is 4.74. The second-order valence-electron chi connectivity index (χ2n) is 5.81. The Hall–Kier alpha value is -2.54.